The van der Waals surface area contributed by atoms with Crippen LogP contribution in [0.4, 0.5) is 0 Å². The lowest BCUT2D eigenvalue weighted by atomic mass is 9.93. The van der Waals surface area contributed by atoms with E-state index in [1.54, 1.807) is 7.11 Å². The van der Waals surface area contributed by atoms with Crippen LogP contribution in [0.2, 0.25) is 0 Å². The molecule has 2 rings (SSSR count). The van der Waals surface area contributed by atoms with E-state index in [2.05, 4.69) is 0 Å². The fourth-order valence-electron chi connectivity index (χ4n) is 3.71. The van der Waals surface area contributed by atoms with Gasteiger partial charge in [-0.1, -0.05) is 25.7 Å². The van der Waals surface area contributed by atoms with E-state index < -0.39 is 0 Å². The van der Waals surface area contributed by atoms with Crippen molar-refractivity contribution in [3.05, 3.63) is 0 Å². The highest BCUT2D eigenvalue weighted by molar-refractivity contribution is 5.77. The molecule has 4 nitrogen and oxygen atoms in total. The van der Waals surface area contributed by atoms with E-state index in [0.29, 0.717) is 18.4 Å². The van der Waals surface area contributed by atoms with Gasteiger partial charge < -0.3 is 15.4 Å². The smallest absolute Gasteiger partial charge is 0.223 e. The average Bonchev–Trinajstić information content (AvgIpc) is 2.75. The quantitative estimate of drug-likeness (QED) is 0.805. The van der Waals surface area contributed by atoms with Crippen LogP contribution in [0.3, 0.4) is 0 Å². The fraction of sp³-hybridized carbons (Fsp3) is 0.938. The highest BCUT2D eigenvalue weighted by atomic mass is 16.5. The van der Waals surface area contributed by atoms with Crippen molar-refractivity contribution < 1.29 is 9.53 Å². The van der Waals surface area contributed by atoms with Gasteiger partial charge in [-0.05, 0) is 31.6 Å². The number of ether oxygens (including phenoxy) is 1. The summed E-state index contributed by atoms with van der Waals surface area (Å²) in [4.78, 5) is 14.6. The molecule has 2 fully saturated rings. The SMILES string of the molecule is COC1CCN(C(=O)CC2CCCCCC2)C(CN)C1. The number of nitrogens with two attached hydrogens (primary N) is 1. The Morgan fingerprint density at radius 2 is 1.90 bits per heavy atom. The topological polar surface area (TPSA) is 55.6 Å². The first-order chi connectivity index (χ1) is 9.74. The van der Waals surface area contributed by atoms with E-state index in [1.807, 2.05) is 4.90 Å². The van der Waals surface area contributed by atoms with Crippen LogP contribution in [0.15, 0.2) is 0 Å². The zero-order chi connectivity index (χ0) is 14.4. The zero-order valence-corrected chi connectivity index (χ0v) is 12.9. The van der Waals surface area contributed by atoms with E-state index in [9.17, 15) is 4.79 Å². The molecule has 1 amide bonds. The summed E-state index contributed by atoms with van der Waals surface area (Å²) in [6.07, 6.45) is 10.6. The maximum absolute atomic E-state index is 12.6. The van der Waals surface area contributed by atoms with Crippen molar-refractivity contribution in [1.82, 2.24) is 4.90 Å². The first-order valence-electron chi connectivity index (χ1n) is 8.27. The maximum Gasteiger partial charge on any atom is 0.223 e. The summed E-state index contributed by atoms with van der Waals surface area (Å²) in [6.45, 7) is 1.36. The number of amides is 1. The monoisotopic (exact) mass is 282 g/mol. The standard InChI is InChI=1S/C16H30N2O2/c1-20-15-8-9-18(14(11-15)12-17)16(19)10-13-6-4-2-3-5-7-13/h13-15H,2-12,17H2,1H3. The van der Waals surface area contributed by atoms with Crippen molar-refractivity contribution in [3.63, 3.8) is 0 Å². The van der Waals surface area contributed by atoms with E-state index in [0.717, 1.165) is 25.8 Å². The molecule has 0 aromatic heterocycles. The fourth-order valence-corrected chi connectivity index (χ4v) is 3.71. The minimum Gasteiger partial charge on any atom is -0.381 e. The average molecular weight is 282 g/mol. The Labute approximate surface area is 123 Å². The number of piperidine rings is 1. The summed E-state index contributed by atoms with van der Waals surface area (Å²) >= 11 is 0. The molecule has 2 unspecified atom stereocenters. The number of hydrogen-bond acceptors (Lipinski definition) is 3. The lowest BCUT2D eigenvalue weighted by Gasteiger charge is -2.39. The van der Waals surface area contributed by atoms with E-state index in [-0.39, 0.29) is 12.1 Å². The van der Waals surface area contributed by atoms with Crippen LogP contribution in [0, 0.1) is 5.92 Å². The summed E-state index contributed by atoms with van der Waals surface area (Å²) in [5.74, 6) is 0.922. The number of nitrogens with zero attached hydrogens (tertiary/aromatic N) is 1. The molecule has 4 heteroatoms. The van der Waals surface area contributed by atoms with Crippen LogP contribution >= 0.6 is 0 Å². The Kier molecular flexibility index (Phi) is 6.30. The van der Waals surface area contributed by atoms with Crippen LogP contribution in [-0.2, 0) is 9.53 Å². The molecule has 1 saturated carbocycles. The van der Waals surface area contributed by atoms with Crippen LogP contribution in [0.1, 0.15) is 57.8 Å². The van der Waals surface area contributed by atoms with Crippen LogP contribution < -0.4 is 5.73 Å². The summed E-state index contributed by atoms with van der Waals surface area (Å²) in [5.41, 5.74) is 5.86. The Morgan fingerprint density at radius 1 is 1.20 bits per heavy atom. The van der Waals surface area contributed by atoms with E-state index >= 15 is 0 Å². The van der Waals surface area contributed by atoms with Gasteiger partial charge >= 0.3 is 0 Å². The highest BCUT2D eigenvalue weighted by Gasteiger charge is 2.31. The first kappa shape index (κ1) is 15.8. The third-order valence-electron chi connectivity index (χ3n) is 5.03. The second-order valence-electron chi connectivity index (χ2n) is 6.42. The van der Waals surface area contributed by atoms with Gasteiger partial charge in [0.15, 0.2) is 0 Å². The molecule has 1 aliphatic carbocycles. The molecule has 20 heavy (non-hydrogen) atoms. The molecule has 0 spiro atoms. The molecule has 2 atom stereocenters. The molecule has 0 radical (unpaired) electrons. The molecule has 1 heterocycles. The first-order valence-corrected chi connectivity index (χ1v) is 8.27. The molecule has 116 valence electrons. The minimum absolute atomic E-state index is 0.173. The third-order valence-corrected chi connectivity index (χ3v) is 5.03. The van der Waals surface area contributed by atoms with Crippen LogP contribution in [0.25, 0.3) is 0 Å². The molecular formula is C16H30N2O2. The Hall–Kier alpha value is -0.610. The summed E-state index contributed by atoms with van der Waals surface area (Å²) in [7, 11) is 1.75. The summed E-state index contributed by atoms with van der Waals surface area (Å²) < 4.78 is 5.42. The van der Waals surface area contributed by atoms with Gasteiger partial charge in [0, 0.05) is 32.7 Å². The molecular weight excluding hydrogens is 252 g/mol. The van der Waals surface area contributed by atoms with Crippen molar-refractivity contribution in [2.24, 2.45) is 11.7 Å². The van der Waals surface area contributed by atoms with Gasteiger partial charge in [-0.2, -0.15) is 0 Å². The Morgan fingerprint density at radius 3 is 2.50 bits per heavy atom. The van der Waals surface area contributed by atoms with Gasteiger partial charge in [0.1, 0.15) is 0 Å². The molecule has 2 N–H and O–H groups in total. The summed E-state index contributed by atoms with van der Waals surface area (Å²) in [5, 5.41) is 0. The largest absolute Gasteiger partial charge is 0.381 e. The predicted octanol–water partition coefficient (Wildman–Crippen LogP) is 2.31. The van der Waals surface area contributed by atoms with Crippen LogP contribution in [-0.4, -0.2) is 43.2 Å². The number of rotatable bonds is 4. The second kappa shape index (κ2) is 7.99. The van der Waals surface area contributed by atoms with E-state index in [1.165, 1.54) is 38.5 Å². The van der Waals surface area contributed by atoms with Crippen molar-refractivity contribution in [2.75, 3.05) is 20.2 Å². The zero-order valence-electron chi connectivity index (χ0n) is 12.9. The number of hydrogen-bond donors (Lipinski definition) is 1. The molecule has 0 aromatic carbocycles. The van der Waals surface area contributed by atoms with Gasteiger partial charge in [0.25, 0.3) is 0 Å². The van der Waals surface area contributed by atoms with Gasteiger partial charge in [-0.3, -0.25) is 4.79 Å². The Balaban J connectivity index is 1.87. The van der Waals surface area contributed by atoms with Crippen molar-refractivity contribution in [3.8, 4) is 0 Å². The number of methoxy groups -OCH3 is 1. The minimum atomic E-state index is 0.173. The molecule has 2 aliphatic rings. The number of likely N-dealkylation sites (tertiary alicyclic amines) is 1. The summed E-state index contributed by atoms with van der Waals surface area (Å²) in [6, 6.07) is 0.173. The normalized spacial score (nSPS) is 29.2. The van der Waals surface area contributed by atoms with E-state index in [4.69, 9.17) is 10.5 Å². The van der Waals surface area contributed by atoms with Gasteiger partial charge in [-0.15, -0.1) is 0 Å². The lowest BCUT2D eigenvalue weighted by molar-refractivity contribution is -0.137. The van der Waals surface area contributed by atoms with Gasteiger partial charge in [0.2, 0.25) is 5.91 Å². The van der Waals surface area contributed by atoms with Crippen LogP contribution in [0.5, 0.6) is 0 Å². The molecule has 0 bridgehead atoms. The number of carbonyl (C=O) groups is 1. The van der Waals surface area contributed by atoms with Gasteiger partial charge in [-0.25, -0.2) is 0 Å². The van der Waals surface area contributed by atoms with Gasteiger partial charge in [0.05, 0.1) is 6.10 Å². The Bertz CT molecular complexity index is 301. The molecule has 1 aliphatic heterocycles. The van der Waals surface area contributed by atoms with Crippen molar-refractivity contribution in [2.45, 2.75) is 69.9 Å². The molecule has 1 saturated heterocycles. The highest BCUT2D eigenvalue weighted by Crippen LogP contribution is 2.27. The second-order valence-corrected chi connectivity index (χ2v) is 6.42. The maximum atomic E-state index is 12.6. The number of carbonyl (C=O) groups excluding carboxylic acids is 1. The molecule has 0 aromatic rings. The van der Waals surface area contributed by atoms with Crippen molar-refractivity contribution in [1.29, 1.82) is 0 Å². The van der Waals surface area contributed by atoms with Crippen molar-refractivity contribution >= 4 is 5.91 Å². The third kappa shape index (κ3) is 4.19. The predicted molar refractivity (Wildman–Crippen MR) is 80.4 cm³/mol. The lowest BCUT2D eigenvalue weighted by Crippen LogP contribution is -2.51.